The molecule has 15 heavy (non-hydrogen) atoms. The van der Waals surface area contributed by atoms with E-state index < -0.39 is 4.87 Å². The normalized spacial score (nSPS) is 26.7. The van der Waals surface area contributed by atoms with Crippen molar-refractivity contribution >= 4 is 24.6 Å². The largest absolute Gasteiger partial charge is 0.328 e. The van der Waals surface area contributed by atoms with Gasteiger partial charge in [-0.05, 0) is 19.8 Å². The first kappa shape index (κ1) is 12.4. The molecular formula is C10H18N2O2S. The average Bonchev–Trinajstić information content (AvgIpc) is 2.33. The number of carbonyl (C=O) groups is 2. The molecule has 3 amide bonds. The van der Waals surface area contributed by atoms with E-state index in [4.69, 9.17) is 0 Å². The Bertz CT molecular complexity index is 279. The third kappa shape index (κ3) is 1.97. The molecular weight excluding hydrogens is 212 g/mol. The van der Waals surface area contributed by atoms with Gasteiger partial charge in [0.25, 0.3) is 5.91 Å². The number of nitrogens with zero attached hydrogens (tertiary/aromatic N) is 2. The van der Waals surface area contributed by atoms with E-state index in [1.54, 1.807) is 6.92 Å². The maximum atomic E-state index is 11.9. The van der Waals surface area contributed by atoms with Crippen LogP contribution in [0.3, 0.4) is 0 Å². The summed E-state index contributed by atoms with van der Waals surface area (Å²) in [4.78, 5) is 25.7. The summed E-state index contributed by atoms with van der Waals surface area (Å²) >= 11 is 4.30. The Kier molecular flexibility index (Phi) is 3.65. The highest BCUT2D eigenvalue weighted by Gasteiger charge is 2.51. The quantitative estimate of drug-likeness (QED) is 0.590. The summed E-state index contributed by atoms with van der Waals surface area (Å²) in [5.74, 6) is -0.203. The van der Waals surface area contributed by atoms with Gasteiger partial charge < -0.3 is 4.90 Å². The van der Waals surface area contributed by atoms with Gasteiger partial charge in [0.05, 0.1) is 0 Å². The summed E-state index contributed by atoms with van der Waals surface area (Å²) < 4.78 is 0. The van der Waals surface area contributed by atoms with Crippen LogP contribution in [0.15, 0.2) is 0 Å². The van der Waals surface area contributed by atoms with Crippen molar-refractivity contribution in [1.82, 2.24) is 9.80 Å². The fourth-order valence-electron chi connectivity index (χ4n) is 1.75. The number of hydrogen-bond donors (Lipinski definition) is 1. The average molecular weight is 230 g/mol. The summed E-state index contributed by atoms with van der Waals surface area (Å²) in [5, 5.41) is 0. The first-order valence-electron chi connectivity index (χ1n) is 5.32. The van der Waals surface area contributed by atoms with Crippen LogP contribution in [-0.2, 0) is 4.79 Å². The molecule has 86 valence electrons. The Morgan fingerprint density at radius 2 is 1.73 bits per heavy atom. The molecule has 1 rings (SSSR count). The molecule has 0 aromatic heterocycles. The first-order valence-corrected chi connectivity index (χ1v) is 5.77. The standard InChI is InChI=1S/C10H18N2O2S/c1-4-6-11-8(13)10(3,15)12(7-5-2)9(11)14/h15H,4-7H2,1-3H3. The van der Waals surface area contributed by atoms with Crippen LogP contribution in [0.2, 0.25) is 0 Å². The predicted molar refractivity (Wildman–Crippen MR) is 61.8 cm³/mol. The zero-order chi connectivity index (χ0) is 11.6. The fourth-order valence-corrected chi connectivity index (χ4v) is 2.05. The van der Waals surface area contributed by atoms with Crippen LogP contribution in [0.4, 0.5) is 4.79 Å². The van der Waals surface area contributed by atoms with Crippen molar-refractivity contribution in [3.05, 3.63) is 0 Å². The van der Waals surface area contributed by atoms with Crippen LogP contribution < -0.4 is 0 Å². The van der Waals surface area contributed by atoms with Gasteiger partial charge in [0, 0.05) is 13.1 Å². The van der Waals surface area contributed by atoms with E-state index in [9.17, 15) is 9.59 Å². The second-order valence-electron chi connectivity index (χ2n) is 3.91. The highest BCUT2D eigenvalue weighted by Crippen LogP contribution is 2.31. The van der Waals surface area contributed by atoms with E-state index in [1.807, 2.05) is 13.8 Å². The molecule has 1 fully saturated rings. The van der Waals surface area contributed by atoms with Gasteiger partial charge in [-0.1, -0.05) is 13.8 Å². The molecule has 1 saturated heterocycles. The lowest BCUT2D eigenvalue weighted by molar-refractivity contribution is -0.129. The molecule has 0 saturated carbocycles. The highest BCUT2D eigenvalue weighted by molar-refractivity contribution is 7.82. The number of hydrogen-bond acceptors (Lipinski definition) is 3. The van der Waals surface area contributed by atoms with E-state index in [1.165, 1.54) is 9.80 Å². The molecule has 1 heterocycles. The second kappa shape index (κ2) is 4.43. The minimum absolute atomic E-state index is 0.203. The van der Waals surface area contributed by atoms with E-state index >= 15 is 0 Å². The minimum Gasteiger partial charge on any atom is -0.301 e. The lowest BCUT2D eigenvalue weighted by Crippen LogP contribution is -2.42. The smallest absolute Gasteiger partial charge is 0.301 e. The van der Waals surface area contributed by atoms with Crippen LogP contribution in [0.25, 0.3) is 0 Å². The lowest BCUT2D eigenvalue weighted by Gasteiger charge is -2.26. The topological polar surface area (TPSA) is 40.6 Å². The molecule has 1 aliphatic rings. The molecule has 1 unspecified atom stereocenters. The van der Waals surface area contributed by atoms with Gasteiger partial charge in [0.2, 0.25) is 0 Å². The van der Waals surface area contributed by atoms with Crippen molar-refractivity contribution in [2.24, 2.45) is 0 Å². The summed E-state index contributed by atoms with van der Waals surface area (Å²) in [6, 6.07) is -0.207. The highest BCUT2D eigenvalue weighted by atomic mass is 32.1. The molecule has 0 N–H and O–H groups in total. The molecule has 0 bridgehead atoms. The van der Waals surface area contributed by atoms with Crippen molar-refractivity contribution in [3.8, 4) is 0 Å². The van der Waals surface area contributed by atoms with Gasteiger partial charge in [0.15, 0.2) is 4.87 Å². The molecule has 0 radical (unpaired) electrons. The maximum absolute atomic E-state index is 11.9. The molecule has 5 heteroatoms. The molecule has 0 aromatic carbocycles. The SMILES string of the molecule is CCCN1C(=O)N(CCC)C(C)(S)C1=O. The number of carbonyl (C=O) groups excluding carboxylic acids is 2. The Hall–Kier alpha value is -0.710. The molecule has 0 spiro atoms. The third-order valence-electron chi connectivity index (χ3n) is 2.53. The van der Waals surface area contributed by atoms with Gasteiger partial charge in [-0.3, -0.25) is 9.69 Å². The van der Waals surface area contributed by atoms with E-state index in [2.05, 4.69) is 12.6 Å². The Morgan fingerprint density at radius 1 is 1.20 bits per heavy atom. The van der Waals surface area contributed by atoms with Gasteiger partial charge in [-0.15, -0.1) is 12.6 Å². The monoisotopic (exact) mass is 230 g/mol. The van der Waals surface area contributed by atoms with E-state index in [-0.39, 0.29) is 11.9 Å². The van der Waals surface area contributed by atoms with E-state index in [0.717, 1.165) is 12.8 Å². The van der Waals surface area contributed by atoms with Gasteiger partial charge in [0.1, 0.15) is 0 Å². The first-order chi connectivity index (χ1) is 6.96. The number of rotatable bonds is 4. The second-order valence-corrected chi connectivity index (χ2v) is 4.78. The summed E-state index contributed by atoms with van der Waals surface area (Å²) in [5.41, 5.74) is 0. The summed E-state index contributed by atoms with van der Waals surface area (Å²) in [6.45, 7) is 6.66. The van der Waals surface area contributed by atoms with Gasteiger partial charge in [-0.2, -0.15) is 0 Å². The van der Waals surface area contributed by atoms with Crippen LogP contribution in [-0.4, -0.2) is 39.7 Å². The van der Waals surface area contributed by atoms with Crippen molar-refractivity contribution in [2.75, 3.05) is 13.1 Å². The van der Waals surface area contributed by atoms with Gasteiger partial charge in [-0.25, -0.2) is 4.79 Å². The number of thiol groups is 1. The molecule has 0 aliphatic carbocycles. The summed E-state index contributed by atoms with van der Waals surface area (Å²) in [7, 11) is 0. The maximum Gasteiger partial charge on any atom is 0.328 e. The van der Waals surface area contributed by atoms with Crippen LogP contribution in [0, 0.1) is 0 Å². The third-order valence-corrected chi connectivity index (χ3v) is 2.96. The van der Waals surface area contributed by atoms with Crippen molar-refractivity contribution < 1.29 is 9.59 Å². The summed E-state index contributed by atoms with van der Waals surface area (Å²) in [6.07, 6.45) is 1.61. The number of imide groups is 1. The number of amides is 3. The molecule has 0 aromatic rings. The van der Waals surface area contributed by atoms with Crippen molar-refractivity contribution in [2.45, 2.75) is 38.5 Å². The van der Waals surface area contributed by atoms with Crippen molar-refractivity contribution in [1.29, 1.82) is 0 Å². The molecule has 4 nitrogen and oxygen atoms in total. The van der Waals surface area contributed by atoms with E-state index in [0.29, 0.717) is 13.1 Å². The van der Waals surface area contributed by atoms with Gasteiger partial charge >= 0.3 is 6.03 Å². The van der Waals surface area contributed by atoms with Crippen LogP contribution >= 0.6 is 12.6 Å². The van der Waals surface area contributed by atoms with Crippen LogP contribution in [0.1, 0.15) is 33.6 Å². The number of urea groups is 1. The Morgan fingerprint density at radius 3 is 2.20 bits per heavy atom. The minimum atomic E-state index is -0.970. The Balaban J connectivity index is 2.92. The lowest BCUT2D eigenvalue weighted by atomic mass is 10.2. The Labute approximate surface area is 96.0 Å². The zero-order valence-corrected chi connectivity index (χ0v) is 10.4. The zero-order valence-electron chi connectivity index (χ0n) is 9.49. The predicted octanol–water partition coefficient (Wildman–Crippen LogP) is 1.72. The van der Waals surface area contributed by atoms with Crippen molar-refractivity contribution in [3.63, 3.8) is 0 Å². The molecule has 1 atom stereocenters. The molecule has 1 aliphatic heterocycles. The fraction of sp³-hybridized carbons (Fsp3) is 0.800. The van der Waals surface area contributed by atoms with Crippen LogP contribution in [0.5, 0.6) is 0 Å².